The van der Waals surface area contributed by atoms with Crippen LogP contribution in [0.5, 0.6) is 0 Å². The normalized spacial score (nSPS) is 36.2. The maximum Gasteiger partial charge on any atom is 0.171 e. The van der Waals surface area contributed by atoms with E-state index < -0.39 is 0 Å². The fourth-order valence-corrected chi connectivity index (χ4v) is 5.25. The monoisotopic (exact) mass is 302 g/mol. The van der Waals surface area contributed by atoms with E-state index in [0.29, 0.717) is 11.8 Å². The second kappa shape index (κ2) is 4.75. The van der Waals surface area contributed by atoms with Crippen LogP contribution in [0.2, 0.25) is 0 Å². The number of fused-ring (bicyclic) bond motifs is 3. The average Bonchev–Trinajstić information content (AvgIpc) is 2.94. The van der Waals surface area contributed by atoms with Gasteiger partial charge in [-0.15, -0.1) is 0 Å². The maximum atomic E-state index is 6.07. The molecule has 0 radical (unpaired) electrons. The topological polar surface area (TPSA) is 44.2 Å². The van der Waals surface area contributed by atoms with Gasteiger partial charge in [-0.3, -0.25) is 0 Å². The molecule has 2 fully saturated rings. The first-order valence-electron chi connectivity index (χ1n) is 8.59. The van der Waals surface area contributed by atoms with Crippen LogP contribution < -0.4 is 0 Å². The van der Waals surface area contributed by atoms with Crippen LogP contribution in [0.15, 0.2) is 0 Å². The molecule has 2 heterocycles. The van der Waals surface area contributed by atoms with Crippen LogP contribution in [0.1, 0.15) is 55.9 Å². The van der Waals surface area contributed by atoms with Crippen molar-refractivity contribution < 1.29 is 9.47 Å². The number of hydrogen-bond donors (Lipinski definition) is 0. The van der Waals surface area contributed by atoms with Crippen LogP contribution in [0, 0.1) is 25.7 Å². The Bertz CT molecular complexity index is 609. The summed E-state index contributed by atoms with van der Waals surface area (Å²) >= 11 is 0. The first-order chi connectivity index (χ1) is 10.5. The van der Waals surface area contributed by atoms with Gasteiger partial charge in [0.05, 0.1) is 18.9 Å². The van der Waals surface area contributed by atoms with Gasteiger partial charge in [0.15, 0.2) is 5.79 Å². The minimum atomic E-state index is -0.335. The van der Waals surface area contributed by atoms with E-state index in [4.69, 9.17) is 14.5 Å². The standard InChI is InChI=1S/C18H26N2O2/c1-11-15-6-5-14-12(2)19-13(3)20-16(14)17(15,4)7-8-18(11)21-9-10-22-18/h11,15H,5-10H2,1-4H3/t11-,15-,17-/m0/s1. The van der Waals surface area contributed by atoms with Crippen molar-refractivity contribution in [3.8, 4) is 0 Å². The van der Waals surface area contributed by atoms with Crippen LogP contribution in [0.4, 0.5) is 0 Å². The van der Waals surface area contributed by atoms with Crippen molar-refractivity contribution in [2.75, 3.05) is 13.2 Å². The number of hydrogen-bond acceptors (Lipinski definition) is 4. The lowest BCUT2D eigenvalue weighted by molar-refractivity contribution is -0.234. The molecule has 0 N–H and O–H groups in total. The van der Waals surface area contributed by atoms with E-state index >= 15 is 0 Å². The maximum absolute atomic E-state index is 6.07. The Morgan fingerprint density at radius 3 is 2.55 bits per heavy atom. The van der Waals surface area contributed by atoms with E-state index in [0.717, 1.165) is 38.3 Å². The molecule has 0 unspecified atom stereocenters. The molecule has 4 heteroatoms. The van der Waals surface area contributed by atoms with Gasteiger partial charge in [-0.1, -0.05) is 13.8 Å². The van der Waals surface area contributed by atoms with E-state index in [1.165, 1.54) is 23.4 Å². The molecule has 2 aliphatic carbocycles. The number of aryl methyl sites for hydroxylation is 2. The molecule has 1 saturated carbocycles. The lowest BCUT2D eigenvalue weighted by atomic mass is 9.55. The molecule has 1 aliphatic heterocycles. The lowest BCUT2D eigenvalue weighted by Gasteiger charge is -2.54. The van der Waals surface area contributed by atoms with Crippen molar-refractivity contribution in [3.05, 3.63) is 22.8 Å². The Kier molecular flexibility index (Phi) is 3.15. The molecule has 4 rings (SSSR count). The van der Waals surface area contributed by atoms with Gasteiger partial charge in [0.25, 0.3) is 0 Å². The summed E-state index contributed by atoms with van der Waals surface area (Å²) in [6.07, 6.45) is 4.34. The zero-order valence-electron chi connectivity index (χ0n) is 14.1. The first kappa shape index (κ1) is 14.6. The summed E-state index contributed by atoms with van der Waals surface area (Å²) in [6.45, 7) is 10.3. The molecule has 1 aromatic rings. The summed E-state index contributed by atoms with van der Waals surface area (Å²) in [5.41, 5.74) is 3.99. The predicted molar refractivity (Wildman–Crippen MR) is 83.7 cm³/mol. The molecule has 1 spiro atoms. The molecule has 22 heavy (non-hydrogen) atoms. The average molecular weight is 302 g/mol. The summed E-state index contributed by atoms with van der Waals surface area (Å²) < 4.78 is 12.1. The van der Waals surface area contributed by atoms with Crippen LogP contribution in [-0.4, -0.2) is 29.0 Å². The third-order valence-corrected chi connectivity index (χ3v) is 6.46. The van der Waals surface area contributed by atoms with Crippen molar-refractivity contribution in [2.45, 2.75) is 64.6 Å². The van der Waals surface area contributed by atoms with Gasteiger partial charge in [-0.25, -0.2) is 9.97 Å². The third-order valence-electron chi connectivity index (χ3n) is 6.46. The van der Waals surface area contributed by atoms with Crippen LogP contribution >= 0.6 is 0 Å². The first-order valence-corrected chi connectivity index (χ1v) is 8.59. The quantitative estimate of drug-likeness (QED) is 0.739. The minimum absolute atomic E-state index is 0.131. The van der Waals surface area contributed by atoms with Gasteiger partial charge < -0.3 is 9.47 Å². The largest absolute Gasteiger partial charge is 0.347 e. The summed E-state index contributed by atoms with van der Waals surface area (Å²) in [4.78, 5) is 9.47. The molecule has 1 saturated heterocycles. The van der Waals surface area contributed by atoms with Gasteiger partial charge in [-0.05, 0) is 44.6 Å². The van der Waals surface area contributed by atoms with Crippen LogP contribution in [0.3, 0.4) is 0 Å². The molecular weight excluding hydrogens is 276 g/mol. The SMILES string of the molecule is Cc1nc(C)c2c(n1)[C@@]1(C)CCC3(OCCO3)[C@@H](C)[C@@H]1CC2. The van der Waals surface area contributed by atoms with Crippen molar-refractivity contribution in [3.63, 3.8) is 0 Å². The molecule has 3 atom stereocenters. The molecule has 1 aromatic heterocycles. The third kappa shape index (κ3) is 1.83. The van der Waals surface area contributed by atoms with E-state index in [9.17, 15) is 0 Å². The van der Waals surface area contributed by atoms with E-state index in [2.05, 4.69) is 25.8 Å². The van der Waals surface area contributed by atoms with Crippen molar-refractivity contribution in [1.82, 2.24) is 9.97 Å². The second-order valence-electron chi connectivity index (χ2n) is 7.54. The molecule has 0 bridgehead atoms. The number of rotatable bonds is 0. The van der Waals surface area contributed by atoms with Crippen LogP contribution in [-0.2, 0) is 21.3 Å². The summed E-state index contributed by atoms with van der Waals surface area (Å²) in [5, 5.41) is 0. The number of aromatic nitrogens is 2. The Hall–Kier alpha value is -1.00. The fraction of sp³-hybridized carbons (Fsp3) is 0.778. The number of nitrogens with zero attached hydrogens (tertiary/aromatic N) is 2. The molecule has 3 aliphatic rings. The van der Waals surface area contributed by atoms with Crippen LogP contribution in [0.25, 0.3) is 0 Å². The smallest absolute Gasteiger partial charge is 0.171 e. The van der Waals surface area contributed by atoms with Gasteiger partial charge in [0, 0.05) is 23.4 Å². The summed E-state index contributed by atoms with van der Waals surface area (Å²) in [5.74, 6) is 1.55. The Balaban J connectivity index is 1.78. The van der Waals surface area contributed by atoms with Gasteiger partial charge in [0.2, 0.25) is 0 Å². The van der Waals surface area contributed by atoms with Crippen molar-refractivity contribution in [2.24, 2.45) is 11.8 Å². The Morgan fingerprint density at radius 1 is 1.09 bits per heavy atom. The predicted octanol–water partition coefficient (Wildman–Crippen LogP) is 3.09. The number of ether oxygens (including phenoxy) is 2. The highest BCUT2D eigenvalue weighted by Gasteiger charge is 2.57. The molecule has 0 amide bonds. The highest BCUT2D eigenvalue weighted by Crippen LogP contribution is 2.56. The minimum Gasteiger partial charge on any atom is -0.347 e. The summed E-state index contributed by atoms with van der Waals surface area (Å²) in [6, 6.07) is 0. The van der Waals surface area contributed by atoms with Gasteiger partial charge >= 0.3 is 0 Å². The van der Waals surface area contributed by atoms with Crippen molar-refractivity contribution in [1.29, 1.82) is 0 Å². The van der Waals surface area contributed by atoms with Gasteiger partial charge in [-0.2, -0.15) is 0 Å². The van der Waals surface area contributed by atoms with E-state index in [-0.39, 0.29) is 11.2 Å². The highest BCUT2D eigenvalue weighted by atomic mass is 16.7. The molecule has 0 aromatic carbocycles. The zero-order chi connectivity index (χ0) is 15.5. The molecular formula is C18H26N2O2. The van der Waals surface area contributed by atoms with E-state index in [1.54, 1.807) is 0 Å². The molecule has 4 nitrogen and oxygen atoms in total. The Labute approximate surface area is 132 Å². The zero-order valence-corrected chi connectivity index (χ0v) is 14.1. The second-order valence-corrected chi connectivity index (χ2v) is 7.54. The van der Waals surface area contributed by atoms with Crippen molar-refractivity contribution >= 4 is 0 Å². The fourth-order valence-electron chi connectivity index (χ4n) is 5.25. The van der Waals surface area contributed by atoms with Gasteiger partial charge in [0.1, 0.15) is 5.82 Å². The lowest BCUT2D eigenvalue weighted by Crippen LogP contribution is -2.55. The Morgan fingerprint density at radius 2 is 1.82 bits per heavy atom. The highest BCUT2D eigenvalue weighted by molar-refractivity contribution is 5.36. The molecule has 120 valence electrons. The van der Waals surface area contributed by atoms with E-state index in [1.807, 2.05) is 6.92 Å². The summed E-state index contributed by atoms with van der Waals surface area (Å²) in [7, 11) is 0.